The van der Waals surface area contributed by atoms with Crippen molar-refractivity contribution in [1.29, 1.82) is 0 Å². The Kier molecular flexibility index (Phi) is 16.9. The summed E-state index contributed by atoms with van der Waals surface area (Å²) in [7, 11) is 0. The minimum Gasteiger partial charge on any atom is -0.396 e. The van der Waals surface area contributed by atoms with Gasteiger partial charge in [0.1, 0.15) is 3.53 Å². The van der Waals surface area contributed by atoms with Crippen molar-refractivity contribution in [2.24, 2.45) is 0 Å². The summed E-state index contributed by atoms with van der Waals surface area (Å²) in [6.07, 6.45) is 14.9. The lowest BCUT2D eigenvalue weighted by molar-refractivity contribution is 0.281. The molecule has 2 nitrogen and oxygen atoms in total. The van der Waals surface area contributed by atoms with Gasteiger partial charge < -0.3 is 5.11 Å². The van der Waals surface area contributed by atoms with Crippen molar-refractivity contribution >= 4 is 39.3 Å². The maximum Gasteiger partial charge on any atom is 0.280 e. The van der Waals surface area contributed by atoms with Crippen molar-refractivity contribution in [1.82, 2.24) is 0 Å². The van der Waals surface area contributed by atoms with Crippen LogP contribution >= 0.6 is 35.7 Å². The van der Waals surface area contributed by atoms with Gasteiger partial charge in [-0.15, -0.1) is 11.8 Å². The molecule has 0 aliphatic rings. The molecular weight excluding hydrogens is 354 g/mol. The highest BCUT2D eigenvalue weighted by Crippen LogP contribution is 2.36. The van der Waals surface area contributed by atoms with Gasteiger partial charge in [-0.1, -0.05) is 76.9 Å². The molecule has 0 aliphatic heterocycles. The number of hydrogen-bond acceptors (Lipinski definition) is 4. The van der Waals surface area contributed by atoms with Gasteiger partial charge in [-0.3, -0.25) is 4.85 Å². The number of thioether (sulfide) groups is 2. The van der Waals surface area contributed by atoms with Crippen molar-refractivity contribution in [3.05, 3.63) is 11.4 Å². The fraction of sp³-hybridized carbons (Fsp3) is 0.895. The Bertz CT molecular complexity index is 357. The van der Waals surface area contributed by atoms with Gasteiger partial charge in [0, 0.05) is 20.0 Å². The summed E-state index contributed by atoms with van der Waals surface area (Å²) in [4.78, 5) is 3.19. The van der Waals surface area contributed by atoms with E-state index in [1.54, 1.807) is 11.8 Å². The van der Waals surface area contributed by atoms with Crippen LogP contribution in [0.15, 0.2) is 0 Å². The molecule has 0 radical (unpaired) electrons. The van der Waals surface area contributed by atoms with Crippen molar-refractivity contribution in [3.8, 4) is 0 Å². The normalized spacial score (nSPS) is 13.4. The Balaban J connectivity index is 3.53. The number of aliphatic hydroxyl groups is 1. The summed E-state index contributed by atoms with van der Waals surface area (Å²) in [6, 6.07) is 0. The quantitative estimate of drug-likeness (QED) is 0.184. The second kappa shape index (κ2) is 16.7. The van der Waals surface area contributed by atoms with E-state index in [-0.39, 0.29) is 6.61 Å². The van der Waals surface area contributed by atoms with Crippen LogP contribution in [-0.4, -0.2) is 25.9 Å². The molecule has 1 atom stereocenters. The molecule has 0 heterocycles. The van der Waals surface area contributed by atoms with E-state index in [2.05, 4.69) is 11.8 Å². The van der Waals surface area contributed by atoms with Crippen LogP contribution in [-0.2, 0) is 0 Å². The number of rotatable bonds is 15. The third-order valence-corrected chi connectivity index (χ3v) is 6.89. The Morgan fingerprint density at radius 2 is 1.54 bits per heavy atom. The summed E-state index contributed by atoms with van der Waals surface area (Å²) in [5, 5.41) is 8.92. The Hall–Kier alpha value is 0.240. The molecule has 140 valence electrons. The minimum absolute atomic E-state index is 0.143. The highest BCUT2D eigenvalue weighted by atomic mass is 32.2. The van der Waals surface area contributed by atoms with Crippen LogP contribution < -0.4 is 0 Å². The molecule has 0 amide bonds. The van der Waals surface area contributed by atoms with Crippen molar-refractivity contribution in [2.75, 3.05) is 12.4 Å². The second-order valence-electron chi connectivity index (χ2n) is 6.50. The fourth-order valence-corrected chi connectivity index (χ4v) is 5.47. The molecule has 0 saturated carbocycles. The van der Waals surface area contributed by atoms with Gasteiger partial charge in [0.2, 0.25) is 0 Å². The highest BCUT2D eigenvalue weighted by molar-refractivity contribution is 8.47. The molecule has 0 aromatic carbocycles. The predicted octanol–water partition coefficient (Wildman–Crippen LogP) is 7.07. The molecule has 1 N–H and O–H groups in total. The van der Waals surface area contributed by atoms with Crippen LogP contribution in [0.4, 0.5) is 0 Å². The first-order valence-corrected chi connectivity index (χ1v) is 11.6. The van der Waals surface area contributed by atoms with Gasteiger partial charge in [0.25, 0.3) is 4.87 Å². The van der Waals surface area contributed by atoms with Gasteiger partial charge in [-0.2, -0.15) is 0 Å². The maximum atomic E-state index is 8.92. The van der Waals surface area contributed by atoms with E-state index < -0.39 is 4.87 Å². The lowest BCUT2D eigenvalue weighted by Gasteiger charge is -2.15. The zero-order valence-corrected chi connectivity index (χ0v) is 18.0. The zero-order valence-electron chi connectivity index (χ0n) is 15.5. The number of nitrogens with zero attached hydrogens (tertiary/aromatic N) is 1. The average Bonchev–Trinajstić information content (AvgIpc) is 2.58. The maximum absolute atomic E-state index is 8.92. The Morgan fingerprint density at radius 1 is 1.00 bits per heavy atom. The number of unbranched alkanes of at least 4 members (excludes halogenated alkanes) is 9. The molecular formula is C19H35NOS3. The largest absolute Gasteiger partial charge is 0.396 e. The molecule has 0 aromatic rings. The lowest BCUT2D eigenvalue weighted by atomic mass is 10.1. The van der Waals surface area contributed by atoms with Crippen molar-refractivity contribution < 1.29 is 5.11 Å². The first-order chi connectivity index (χ1) is 11.6. The predicted molar refractivity (Wildman–Crippen MR) is 116 cm³/mol. The second-order valence-corrected chi connectivity index (χ2v) is 10.3. The van der Waals surface area contributed by atoms with Crippen LogP contribution in [0.1, 0.15) is 90.9 Å². The number of hydrogen-bond donors (Lipinski definition) is 1. The third-order valence-electron chi connectivity index (χ3n) is 4.06. The van der Waals surface area contributed by atoms with E-state index >= 15 is 0 Å². The van der Waals surface area contributed by atoms with Gasteiger partial charge in [-0.25, -0.2) is 6.57 Å². The van der Waals surface area contributed by atoms with E-state index in [9.17, 15) is 0 Å². The minimum atomic E-state index is -0.509. The fourth-order valence-electron chi connectivity index (χ4n) is 2.49. The smallest absolute Gasteiger partial charge is 0.280 e. The van der Waals surface area contributed by atoms with Crippen LogP contribution in [0.25, 0.3) is 4.85 Å². The molecule has 0 spiro atoms. The van der Waals surface area contributed by atoms with Crippen LogP contribution in [0.5, 0.6) is 0 Å². The van der Waals surface area contributed by atoms with Crippen LogP contribution in [0.3, 0.4) is 0 Å². The Morgan fingerprint density at radius 3 is 2.04 bits per heavy atom. The summed E-state index contributed by atoms with van der Waals surface area (Å²) in [6.45, 7) is 11.7. The number of aliphatic hydroxyl groups excluding tert-OH is 1. The first kappa shape index (κ1) is 24.2. The Labute approximate surface area is 163 Å². The molecule has 0 rings (SSSR count). The van der Waals surface area contributed by atoms with Gasteiger partial charge in [-0.05, 0) is 30.4 Å². The van der Waals surface area contributed by atoms with Crippen LogP contribution in [0, 0.1) is 6.57 Å². The topological polar surface area (TPSA) is 24.6 Å². The molecule has 0 aliphatic carbocycles. The lowest BCUT2D eigenvalue weighted by Crippen LogP contribution is -2.16. The van der Waals surface area contributed by atoms with E-state index in [1.807, 2.05) is 6.92 Å². The zero-order chi connectivity index (χ0) is 18.1. The monoisotopic (exact) mass is 389 g/mol. The SMILES string of the molecule is [C-]#[N+]C(C)(CCCO)SC(=S)SCCCCCCCCCCCC. The summed E-state index contributed by atoms with van der Waals surface area (Å²) in [5.41, 5.74) is 0. The molecule has 5 heteroatoms. The van der Waals surface area contributed by atoms with Crippen molar-refractivity contribution in [3.63, 3.8) is 0 Å². The van der Waals surface area contributed by atoms with Gasteiger partial charge in [0.05, 0.1) is 0 Å². The third kappa shape index (κ3) is 14.6. The molecule has 1 unspecified atom stereocenters. The molecule has 0 aromatic heterocycles. The van der Waals surface area contributed by atoms with E-state index in [1.165, 1.54) is 76.0 Å². The average molecular weight is 390 g/mol. The summed E-state index contributed by atoms with van der Waals surface area (Å²) >= 11 is 8.62. The van der Waals surface area contributed by atoms with E-state index in [0.717, 1.165) is 9.28 Å². The summed E-state index contributed by atoms with van der Waals surface area (Å²) in [5.74, 6) is 1.07. The summed E-state index contributed by atoms with van der Waals surface area (Å²) < 4.78 is 0.877. The standard InChI is InChI=1S/C19H35NOS3/c1-4-5-6-7-8-9-10-11-12-13-17-23-18(22)24-19(2,20-3)15-14-16-21/h21H,4-17H2,1-2H3. The van der Waals surface area contributed by atoms with Gasteiger partial charge >= 0.3 is 0 Å². The highest BCUT2D eigenvalue weighted by Gasteiger charge is 2.32. The van der Waals surface area contributed by atoms with Crippen LogP contribution in [0.2, 0.25) is 0 Å². The van der Waals surface area contributed by atoms with E-state index in [4.69, 9.17) is 23.9 Å². The van der Waals surface area contributed by atoms with Gasteiger partial charge in [0.15, 0.2) is 0 Å². The molecule has 24 heavy (non-hydrogen) atoms. The molecule has 0 bridgehead atoms. The van der Waals surface area contributed by atoms with Crippen molar-refractivity contribution in [2.45, 2.75) is 95.8 Å². The molecule has 0 saturated heterocycles. The van der Waals surface area contributed by atoms with E-state index in [0.29, 0.717) is 12.8 Å². The number of thiocarbonyl (C=S) groups is 1. The molecule has 0 fully saturated rings. The first-order valence-electron chi connectivity index (χ1n) is 9.43.